The lowest BCUT2D eigenvalue weighted by molar-refractivity contribution is -0.899. The number of halogens is 1. The maximum atomic E-state index is 5.63. The molecule has 0 amide bonds. The zero-order chi connectivity index (χ0) is 12.8. The van der Waals surface area contributed by atoms with Crippen LogP contribution in [0.5, 0.6) is 0 Å². The lowest BCUT2D eigenvalue weighted by Crippen LogP contribution is -2.65. The first-order valence-corrected chi connectivity index (χ1v) is 6.22. The van der Waals surface area contributed by atoms with E-state index in [4.69, 9.17) is 16.3 Å². The van der Waals surface area contributed by atoms with Crippen molar-refractivity contribution in [1.29, 1.82) is 0 Å². The topological polar surface area (TPSA) is 12.5 Å². The van der Waals surface area contributed by atoms with Crippen LogP contribution >= 0.6 is 11.9 Å². The predicted octanol–water partition coefficient (Wildman–Crippen LogP) is 2.80. The van der Waals surface area contributed by atoms with Gasteiger partial charge in [0.2, 0.25) is 0 Å². The zero-order valence-corrected chi connectivity index (χ0v) is 12.4. The number of quaternary nitrogens is 1. The molecular formula is C12H26ClN2O+. The van der Waals surface area contributed by atoms with Crippen LogP contribution in [0.2, 0.25) is 0 Å². The molecule has 3 nitrogen and oxygen atoms in total. The summed E-state index contributed by atoms with van der Waals surface area (Å²) in [5, 5.41) is 1.94. The summed E-state index contributed by atoms with van der Waals surface area (Å²) in [5.74, 6) is 0. The standard InChI is InChI=1S/C12H26ClN2O/c1-11(2)8-10(15(5,6)7)9-12(3,4)14(11)16-13/h10H,8-9H2,1-7H3/q+1. The van der Waals surface area contributed by atoms with Crippen molar-refractivity contribution in [2.24, 2.45) is 0 Å². The molecule has 0 aromatic rings. The Balaban J connectivity index is 2.98. The first kappa shape index (κ1) is 14.2. The fraction of sp³-hybridized carbons (Fsp3) is 1.00. The van der Waals surface area contributed by atoms with E-state index in [1.165, 1.54) is 0 Å². The molecule has 1 heterocycles. The van der Waals surface area contributed by atoms with E-state index in [1.807, 2.05) is 5.06 Å². The third-order valence-electron chi connectivity index (χ3n) is 3.73. The molecule has 0 aliphatic carbocycles. The summed E-state index contributed by atoms with van der Waals surface area (Å²) in [6.45, 7) is 8.77. The molecule has 1 saturated heterocycles. The van der Waals surface area contributed by atoms with Crippen LogP contribution in [0.25, 0.3) is 0 Å². The van der Waals surface area contributed by atoms with Crippen LogP contribution in [0.3, 0.4) is 0 Å². The number of nitrogens with zero attached hydrogens (tertiary/aromatic N) is 2. The van der Waals surface area contributed by atoms with Crippen LogP contribution in [0.15, 0.2) is 0 Å². The van der Waals surface area contributed by atoms with Gasteiger partial charge in [0.15, 0.2) is 0 Å². The zero-order valence-electron chi connectivity index (χ0n) is 11.7. The van der Waals surface area contributed by atoms with Gasteiger partial charge in [-0.1, -0.05) is 0 Å². The van der Waals surface area contributed by atoms with Crippen LogP contribution in [0.4, 0.5) is 0 Å². The Morgan fingerprint density at radius 3 is 1.69 bits per heavy atom. The van der Waals surface area contributed by atoms with E-state index < -0.39 is 0 Å². The molecule has 1 fully saturated rings. The molecule has 0 aromatic carbocycles. The molecule has 0 aromatic heterocycles. The van der Waals surface area contributed by atoms with Gasteiger partial charge in [0.1, 0.15) is 0 Å². The van der Waals surface area contributed by atoms with E-state index in [1.54, 1.807) is 0 Å². The Morgan fingerprint density at radius 1 is 1.06 bits per heavy atom. The van der Waals surface area contributed by atoms with Gasteiger partial charge in [-0.2, -0.15) is 9.45 Å². The second-order valence-corrected chi connectivity index (χ2v) is 7.30. The Kier molecular flexibility index (Phi) is 3.67. The summed E-state index contributed by atoms with van der Waals surface area (Å²) in [5.41, 5.74) is -0.0562. The SMILES string of the molecule is CC1(C)CC([N+](C)(C)C)CC(C)(C)N1OCl. The highest BCUT2D eigenvalue weighted by molar-refractivity contribution is 6.07. The van der Waals surface area contributed by atoms with Gasteiger partial charge in [-0.25, -0.2) is 0 Å². The van der Waals surface area contributed by atoms with Crippen molar-refractivity contribution in [3.63, 3.8) is 0 Å². The molecule has 0 atom stereocenters. The monoisotopic (exact) mass is 249 g/mol. The lowest BCUT2D eigenvalue weighted by atomic mass is 9.78. The van der Waals surface area contributed by atoms with Crippen LogP contribution in [-0.4, -0.2) is 47.8 Å². The molecular weight excluding hydrogens is 224 g/mol. The molecule has 0 unspecified atom stereocenters. The number of hydroxylamine groups is 2. The smallest absolute Gasteiger partial charge is 0.0921 e. The normalized spacial score (nSPS) is 27.0. The largest absolute Gasteiger partial charge is 0.328 e. The molecule has 0 radical (unpaired) electrons. The van der Waals surface area contributed by atoms with Crippen LogP contribution in [0.1, 0.15) is 40.5 Å². The van der Waals surface area contributed by atoms with E-state index in [9.17, 15) is 0 Å². The van der Waals surface area contributed by atoms with E-state index >= 15 is 0 Å². The molecule has 16 heavy (non-hydrogen) atoms. The van der Waals surface area contributed by atoms with E-state index in [0.29, 0.717) is 6.04 Å². The average molecular weight is 250 g/mol. The molecule has 1 rings (SSSR count). The van der Waals surface area contributed by atoms with E-state index in [0.717, 1.165) is 17.3 Å². The van der Waals surface area contributed by atoms with Crippen molar-refractivity contribution < 1.29 is 8.87 Å². The van der Waals surface area contributed by atoms with Gasteiger partial charge in [0.25, 0.3) is 0 Å². The van der Waals surface area contributed by atoms with Crippen molar-refractivity contribution >= 4 is 11.9 Å². The van der Waals surface area contributed by atoms with Crippen molar-refractivity contribution in [1.82, 2.24) is 5.06 Å². The Hall–Kier alpha value is 0.170. The van der Waals surface area contributed by atoms with Gasteiger partial charge in [0.05, 0.1) is 39.1 Å². The van der Waals surface area contributed by atoms with Gasteiger partial charge in [-0.05, 0) is 27.7 Å². The fourth-order valence-electron chi connectivity index (χ4n) is 2.95. The Bertz CT molecular complexity index is 240. The van der Waals surface area contributed by atoms with E-state index in [-0.39, 0.29) is 11.1 Å². The second kappa shape index (κ2) is 4.13. The van der Waals surface area contributed by atoms with Gasteiger partial charge in [-0.15, -0.1) is 0 Å². The molecule has 4 heteroatoms. The Morgan fingerprint density at radius 2 is 1.44 bits per heavy atom. The average Bonchev–Trinajstić information content (AvgIpc) is 1.97. The maximum Gasteiger partial charge on any atom is 0.0921 e. The third kappa shape index (κ3) is 2.70. The third-order valence-corrected chi connectivity index (χ3v) is 3.87. The maximum absolute atomic E-state index is 5.63. The molecule has 0 saturated carbocycles. The van der Waals surface area contributed by atoms with E-state index in [2.05, 4.69) is 48.8 Å². The number of hydrogen-bond acceptors (Lipinski definition) is 2. The molecule has 0 bridgehead atoms. The highest BCUT2D eigenvalue weighted by Crippen LogP contribution is 2.41. The van der Waals surface area contributed by atoms with Gasteiger partial charge >= 0.3 is 0 Å². The quantitative estimate of drug-likeness (QED) is 0.698. The predicted molar refractivity (Wildman–Crippen MR) is 68.0 cm³/mol. The summed E-state index contributed by atoms with van der Waals surface area (Å²) in [7, 11) is 6.77. The van der Waals surface area contributed by atoms with Gasteiger partial charge in [-0.3, -0.25) is 0 Å². The van der Waals surface area contributed by atoms with Gasteiger partial charge < -0.3 is 4.48 Å². The summed E-state index contributed by atoms with van der Waals surface area (Å²) >= 11 is 5.63. The lowest BCUT2D eigenvalue weighted by Gasteiger charge is -2.54. The first-order chi connectivity index (χ1) is 7.00. The summed E-state index contributed by atoms with van der Waals surface area (Å²) in [4.78, 5) is 0. The number of rotatable bonds is 2. The van der Waals surface area contributed by atoms with Crippen molar-refractivity contribution in [3.8, 4) is 0 Å². The minimum Gasteiger partial charge on any atom is -0.328 e. The summed E-state index contributed by atoms with van der Waals surface area (Å²) in [6.07, 6.45) is 2.18. The summed E-state index contributed by atoms with van der Waals surface area (Å²) < 4.78 is 6.07. The van der Waals surface area contributed by atoms with Crippen molar-refractivity contribution in [2.75, 3.05) is 21.1 Å². The summed E-state index contributed by atoms with van der Waals surface area (Å²) in [6, 6.07) is 0.632. The van der Waals surface area contributed by atoms with Crippen molar-refractivity contribution in [2.45, 2.75) is 57.7 Å². The number of piperidine rings is 1. The fourth-order valence-corrected chi connectivity index (χ4v) is 3.32. The molecule has 0 N–H and O–H groups in total. The van der Waals surface area contributed by atoms with Crippen molar-refractivity contribution in [3.05, 3.63) is 0 Å². The second-order valence-electron chi connectivity index (χ2n) is 7.17. The molecule has 1 aliphatic rings. The molecule has 1 aliphatic heterocycles. The highest BCUT2D eigenvalue weighted by Gasteiger charge is 2.50. The molecule has 0 spiro atoms. The minimum absolute atomic E-state index is 0.0281. The van der Waals surface area contributed by atoms with Crippen LogP contribution < -0.4 is 0 Å². The minimum atomic E-state index is -0.0281. The highest BCUT2D eigenvalue weighted by atomic mass is 35.5. The van der Waals surface area contributed by atoms with Crippen LogP contribution in [-0.2, 0) is 4.39 Å². The van der Waals surface area contributed by atoms with Crippen LogP contribution in [0, 0.1) is 0 Å². The first-order valence-electron chi connectivity index (χ1n) is 5.91. The Labute approximate surface area is 105 Å². The number of hydrogen-bond donors (Lipinski definition) is 0. The van der Waals surface area contributed by atoms with Gasteiger partial charge in [0, 0.05) is 23.9 Å². The molecule has 96 valence electrons.